The number of benzene rings is 2. The maximum absolute atomic E-state index is 13.1. The van der Waals surface area contributed by atoms with Crippen LogP contribution in [0, 0.1) is 5.92 Å². The number of nitrogens with two attached hydrogens (primary N) is 1. The van der Waals surface area contributed by atoms with Crippen LogP contribution in [0.1, 0.15) is 19.5 Å². The van der Waals surface area contributed by atoms with Crippen LogP contribution in [-0.2, 0) is 13.1 Å². The van der Waals surface area contributed by atoms with Gasteiger partial charge >= 0.3 is 0 Å². The van der Waals surface area contributed by atoms with Gasteiger partial charge < -0.3 is 15.0 Å². The summed E-state index contributed by atoms with van der Waals surface area (Å²) in [4.78, 5) is 13.1. The molecule has 2 aromatic carbocycles. The number of aromatic nitrogens is 1. The van der Waals surface area contributed by atoms with Crippen LogP contribution in [0.25, 0.3) is 21.9 Å². The number of pyridine rings is 1. The van der Waals surface area contributed by atoms with Gasteiger partial charge in [0.2, 0.25) is 0 Å². The quantitative estimate of drug-likeness (QED) is 0.771. The zero-order valence-electron chi connectivity index (χ0n) is 15.0. The fourth-order valence-electron chi connectivity index (χ4n) is 3.30. The molecule has 0 bridgehead atoms. The Hall–Kier alpha value is -2.59. The summed E-state index contributed by atoms with van der Waals surface area (Å²) in [5.41, 5.74) is 9.04. The summed E-state index contributed by atoms with van der Waals surface area (Å²) in [5, 5.41) is 1.58. The second-order valence-corrected chi connectivity index (χ2v) is 6.61. The van der Waals surface area contributed by atoms with Gasteiger partial charge in [-0.2, -0.15) is 0 Å². The lowest BCUT2D eigenvalue weighted by molar-refractivity contribution is 0.415. The first-order chi connectivity index (χ1) is 12.1. The highest BCUT2D eigenvalue weighted by atomic mass is 16.5. The average Bonchev–Trinajstić information content (AvgIpc) is 2.63. The van der Waals surface area contributed by atoms with E-state index in [1.807, 2.05) is 41.0 Å². The van der Waals surface area contributed by atoms with Crippen molar-refractivity contribution in [3.05, 3.63) is 64.6 Å². The normalized spacial score (nSPS) is 11.2. The van der Waals surface area contributed by atoms with E-state index in [2.05, 4.69) is 26.0 Å². The van der Waals surface area contributed by atoms with Crippen LogP contribution in [0.5, 0.6) is 5.75 Å². The van der Waals surface area contributed by atoms with E-state index in [1.54, 1.807) is 7.11 Å². The average molecular weight is 336 g/mol. The van der Waals surface area contributed by atoms with Gasteiger partial charge in [-0.05, 0) is 29.7 Å². The van der Waals surface area contributed by atoms with Crippen LogP contribution in [0.15, 0.2) is 53.3 Å². The zero-order chi connectivity index (χ0) is 18.0. The molecule has 3 aromatic rings. The summed E-state index contributed by atoms with van der Waals surface area (Å²) in [7, 11) is 1.63. The van der Waals surface area contributed by atoms with Crippen LogP contribution in [-0.4, -0.2) is 11.7 Å². The number of rotatable bonds is 5. The van der Waals surface area contributed by atoms with Gasteiger partial charge in [-0.15, -0.1) is 0 Å². The highest BCUT2D eigenvalue weighted by Gasteiger charge is 2.18. The van der Waals surface area contributed by atoms with E-state index in [-0.39, 0.29) is 5.56 Å². The molecule has 0 aliphatic heterocycles. The van der Waals surface area contributed by atoms with Gasteiger partial charge in [-0.25, -0.2) is 0 Å². The molecule has 3 rings (SSSR count). The van der Waals surface area contributed by atoms with Crippen molar-refractivity contribution in [2.24, 2.45) is 11.7 Å². The molecule has 0 fully saturated rings. The van der Waals surface area contributed by atoms with E-state index >= 15 is 0 Å². The van der Waals surface area contributed by atoms with Crippen LogP contribution < -0.4 is 16.0 Å². The molecule has 0 unspecified atom stereocenters. The highest BCUT2D eigenvalue weighted by molar-refractivity contribution is 5.98. The van der Waals surface area contributed by atoms with Gasteiger partial charge in [0.15, 0.2) is 0 Å². The first-order valence-corrected chi connectivity index (χ1v) is 8.55. The molecule has 0 aliphatic rings. The molecule has 0 aliphatic carbocycles. The second kappa shape index (κ2) is 7.11. The minimum Gasteiger partial charge on any atom is -0.497 e. The first-order valence-electron chi connectivity index (χ1n) is 8.55. The van der Waals surface area contributed by atoms with E-state index in [4.69, 9.17) is 10.5 Å². The molecule has 130 valence electrons. The molecule has 0 atom stereocenters. The maximum atomic E-state index is 13.1. The van der Waals surface area contributed by atoms with E-state index in [9.17, 15) is 4.79 Å². The van der Waals surface area contributed by atoms with Crippen molar-refractivity contribution in [2.75, 3.05) is 7.11 Å². The Morgan fingerprint density at radius 3 is 2.40 bits per heavy atom. The van der Waals surface area contributed by atoms with Crippen molar-refractivity contribution in [1.82, 2.24) is 4.57 Å². The predicted molar refractivity (Wildman–Crippen MR) is 103 cm³/mol. The van der Waals surface area contributed by atoms with Gasteiger partial charge in [0, 0.05) is 35.1 Å². The zero-order valence-corrected chi connectivity index (χ0v) is 15.0. The summed E-state index contributed by atoms with van der Waals surface area (Å²) < 4.78 is 7.22. The third kappa shape index (κ3) is 3.17. The summed E-state index contributed by atoms with van der Waals surface area (Å²) in [6, 6.07) is 15.7. The summed E-state index contributed by atoms with van der Waals surface area (Å²) in [6.45, 7) is 5.16. The van der Waals surface area contributed by atoms with Gasteiger partial charge in [-0.1, -0.05) is 44.2 Å². The molecule has 0 radical (unpaired) electrons. The molecule has 0 amide bonds. The smallest absolute Gasteiger partial charge is 0.258 e. The number of nitrogens with zero attached hydrogens (tertiary/aromatic N) is 1. The van der Waals surface area contributed by atoms with Crippen molar-refractivity contribution in [2.45, 2.75) is 26.9 Å². The summed E-state index contributed by atoms with van der Waals surface area (Å²) in [6.07, 6.45) is 0. The molecular weight excluding hydrogens is 312 g/mol. The molecule has 2 N–H and O–H groups in total. The Balaban J connectivity index is 2.47. The predicted octanol–water partition coefficient (Wildman–Crippen LogP) is 3.79. The van der Waals surface area contributed by atoms with Crippen molar-refractivity contribution >= 4 is 10.8 Å². The standard InChI is InChI=1S/C21H24N2O2/c1-14(2)13-23-19(12-22)20(15-7-5-4-6-8-15)18-11-16(25-3)9-10-17(18)21(23)24/h4-11,14H,12-13,22H2,1-3H3. The largest absolute Gasteiger partial charge is 0.497 e. The number of methoxy groups -OCH3 is 1. The van der Waals surface area contributed by atoms with Crippen molar-refractivity contribution in [3.63, 3.8) is 0 Å². The number of fused-ring (bicyclic) bond motifs is 1. The lowest BCUT2D eigenvalue weighted by Gasteiger charge is -2.21. The maximum Gasteiger partial charge on any atom is 0.258 e. The van der Waals surface area contributed by atoms with E-state index in [0.29, 0.717) is 24.4 Å². The van der Waals surface area contributed by atoms with Crippen molar-refractivity contribution < 1.29 is 4.74 Å². The molecule has 4 heteroatoms. The Bertz CT molecular complexity index is 944. The van der Waals surface area contributed by atoms with E-state index < -0.39 is 0 Å². The molecule has 1 aromatic heterocycles. The molecule has 1 heterocycles. The molecule has 0 saturated heterocycles. The Morgan fingerprint density at radius 2 is 1.80 bits per heavy atom. The van der Waals surface area contributed by atoms with Gasteiger partial charge in [-0.3, -0.25) is 4.79 Å². The van der Waals surface area contributed by atoms with Crippen LogP contribution in [0.3, 0.4) is 0 Å². The highest BCUT2D eigenvalue weighted by Crippen LogP contribution is 2.33. The second-order valence-electron chi connectivity index (χ2n) is 6.61. The molecule has 25 heavy (non-hydrogen) atoms. The lowest BCUT2D eigenvalue weighted by Crippen LogP contribution is -2.28. The molecule has 4 nitrogen and oxygen atoms in total. The van der Waals surface area contributed by atoms with Crippen LogP contribution in [0.4, 0.5) is 0 Å². The monoisotopic (exact) mass is 336 g/mol. The number of hydrogen-bond acceptors (Lipinski definition) is 3. The van der Waals surface area contributed by atoms with Crippen LogP contribution >= 0.6 is 0 Å². The summed E-state index contributed by atoms with van der Waals surface area (Å²) >= 11 is 0. The van der Waals surface area contributed by atoms with Gasteiger partial charge in [0.05, 0.1) is 7.11 Å². The minimum atomic E-state index is 0.00600. The first kappa shape index (κ1) is 17.2. The van der Waals surface area contributed by atoms with E-state index in [1.165, 1.54) is 0 Å². The van der Waals surface area contributed by atoms with Crippen molar-refractivity contribution in [3.8, 4) is 16.9 Å². The topological polar surface area (TPSA) is 57.2 Å². The van der Waals surface area contributed by atoms with Gasteiger partial charge in [0.25, 0.3) is 5.56 Å². The molecular formula is C21H24N2O2. The van der Waals surface area contributed by atoms with Crippen LogP contribution in [0.2, 0.25) is 0 Å². The van der Waals surface area contributed by atoms with E-state index in [0.717, 1.165) is 28.0 Å². The third-order valence-corrected chi connectivity index (χ3v) is 4.39. The Kier molecular flexibility index (Phi) is 4.91. The molecule has 0 spiro atoms. The summed E-state index contributed by atoms with van der Waals surface area (Å²) in [5.74, 6) is 1.08. The number of ether oxygens (including phenoxy) is 1. The van der Waals surface area contributed by atoms with Gasteiger partial charge in [0.1, 0.15) is 5.75 Å². The fourth-order valence-corrected chi connectivity index (χ4v) is 3.30. The lowest BCUT2D eigenvalue weighted by atomic mass is 9.96. The minimum absolute atomic E-state index is 0.00600. The third-order valence-electron chi connectivity index (χ3n) is 4.39. The Labute approximate surface area is 147 Å². The number of hydrogen-bond donors (Lipinski definition) is 1. The Morgan fingerprint density at radius 1 is 1.08 bits per heavy atom. The van der Waals surface area contributed by atoms with Crippen molar-refractivity contribution in [1.29, 1.82) is 0 Å². The fraction of sp³-hybridized carbons (Fsp3) is 0.286. The SMILES string of the molecule is COc1ccc2c(=O)n(CC(C)C)c(CN)c(-c3ccccc3)c2c1. The molecule has 0 saturated carbocycles.